The van der Waals surface area contributed by atoms with Crippen molar-refractivity contribution in [3.05, 3.63) is 47.2 Å². The van der Waals surface area contributed by atoms with Crippen LogP contribution < -0.4 is 5.73 Å². The number of fused-ring (bicyclic) bond motifs is 1. The fourth-order valence-corrected chi connectivity index (χ4v) is 3.37. The molecule has 1 aromatic carbocycles. The first-order valence-corrected chi connectivity index (χ1v) is 8.19. The predicted octanol–water partition coefficient (Wildman–Crippen LogP) is 2.04. The van der Waals surface area contributed by atoms with Crippen LogP contribution in [0.25, 0.3) is 0 Å². The first-order chi connectivity index (χ1) is 10.6. The Morgan fingerprint density at radius 3 is 2.86 bits per heavy atom. The first kappa shape index (κ1) is 14.8. The summed E-state index contributed by atoms with van der Waals surface area (Å²) in [4.78, 5) is 22.7. The van der Waals surface area contributed by atoms with Gasteiger partial charge in [0.1, 0.15) is 5.82 Å². The number of nitrogen functional groups attached to an aromatic ring is 1. The topological polar surface area (TPSA) is 72.1 Å². The molecule has 1 aromatic heterocycles. The van der Waals surface area contributed by atoms with Crippen molar-refractivity contribution >= 4 is 23.5 Å². The zero-order valence-corrected chi connectivity index (χ0v) is 13.3. The monoisotopic (exact) mass is 314 g/mol. The summed E-state index contributed by atoms with van der Waals surface area (Å²) < 4.78 is 0. The van der Waals surface area contributed by atoms with Gasteiger partial charge >= 0.3 is 0 Å². The number of hydrogen-bond donors (Lipinski definition) is 1. The number of hydrogen-bond acceptors (Lipinski definition) is 5. The van der Waals surface area contributed by atoms with Gasteiger partial charge in [0, 0.05) is 24.8 Å². The lowest BCUT2D eigenvalue weighted by Gasteiger charge is -2.28. The van der Waals surface area contributed by atoms with Crippen molar-refractivity contribution in [2.45, 2.75) is 25.0 Å². The maximum absolute atomic E-state index is 12.4. The lowest BCUT2D eigenvalue weighted by atomic mass is 10.00. The number of nitrogens with two attached hydrogens (primary N) is 1. The van der Waals surface area contributed by atoms with Crippen molar-refractivity contribution in [2.75, 3.05) is 18.0 Å². The van der Waals surface area contributed by atoms with Gasteiger partial charge in [0.15, 0.2) is 5.16 Å². The second-order valence-electron chi connectivity index (χ2n) is 5.34. The Morgan fingerprint density at radius 2 is 2.09 bits per heavy atom. The molecule has 5 nitrogen and oxygen atoms in total. The summed E-state index contributed by atoms with van der Waals surface area (Å²) in [5.41, 5.74) is 9.10. The third-order valence-corrected chi connectivity index (χ3v) is 4.49. The summed E-state index contributed by atoms with van der Waals surface area (Å²) in [5.74, 6) is 0.892. The largest absolute Gasteiger partial charge is 0.384 e. The van der Waals surface area contributed by atoms with E-state index in [2.05, 4.69) is 22.1 Å². The molecule has 1 aliphatic rings. The fraction of sp³-hybridized carbons (Fsp3) is 0.312. The van der Waals surface area contributed by atoms with E-state index in [1.54, 1.807) is 6.07 Å². The Kier molecular flexibility index (Phi) is 4.29. The first-order valence-electron chi connectivity index (χ1n) is 7.20. The highest BCUT2D eigenvalue weighted by molar-refractivity contribution is 7.99. The van der Waals surface area contributed by atoms with Crippen LogP contribution in [0.5, 0.6) is 0 Å². The molecule has 1 amide bonds. The Labute approximate surface area is 133 Å². The molecule has 1 aliphatic heterocycles. The molecule has 3 rings (SSSR count). The number of carbonyl (C=O) groups is 1. The summed E-state index contributed by atoms with van der Waals surface area (Å²) >= 11 is 1.34. The number of benzene rings is 1. The van der Waals surface area contributed by atoms with E-state index < -0.39 is 0 Å². The van der Waals surface area contributed by atoms with Gasteiger partial charge in [-0.15, -0.1) is 0 Å². The Morgan fingerprint density at radius 1 is 1.32 bits per heavy atom. The number of aryl methyl sites for hydroxylation is 1. The molecule has 0 bridgehead atoms. The average Bonchev–Trinajstić information content (AvgIpc) is 2.51. The van der Waals surface area contributed by atoms with Crippen molar-refractivity contribution in [1.29, 1.82) is 0 Å². The quantitative estimate of drug-likeness (QED) is 0.693. The Bertz CT molecular complexity index is 684. The van der Waals surface area contributed by atoms with Gasteiger partial charge < -0.3 is 10.6 Å². The molecule has 2 heterocycles. The second kappa shape index (κ2) is 6.36. The molecule has 6 heteroatoms. The van der Waals surface area contributed by atoms with Crippen molar-refractivity contribution in [3.8, 4) is 0 Å². The molecule has 0 atom stereocenters. The standard InChI is InChI=1S/C16H18N4OS/c1-11-8-14(17)19-16(18-11)22-10-15(21)20-7-6-12-4-2-3-5-13(12)9-20/h2-5,8H,6-7,9-10H2,1H3,(H2,17,18,19). The summed E-state index contributed by atoms with van der Waals surface area (Å²) in [7, 11) is 0. The molecule has 0 radical (unpaired) electrons. The molecule has 0 saturated heterocycles. The van der Waals surface area contributed by atoms with Crippen LogP contribution in [0.4, 0.5) is 5.82 Å². The van der Waals surface area contributed by atoms with Crippen molar-refractivity contribution in [3.63, 3.8) is 0 Å². The molecule has 114 valence electrons. The van der Waals surface area contributed by atoms with Crippen LogP contribution in [0.15, 0.2) is 35.5 Å². The van der Waals surface area contributed by atoms with Crippen LogP contribution >= 0.6 is 11.8 Å². The molecule has 0 unspecified atom stereocenters. The lowest BCUT2D eigenvalue weighted by molar-refractivity contribution is -0.129. The van der Waals surface area contributed by atoms with Crippen LogP contribution in [0.2, 0.25) is 0 Å². The summed E-state index contributed by atoms with van der Waals surface area (Å²) in [6.07, 6.45) is 0.917. The smallest absolute Gasteiger partial charge is 0.233 e. The minimum absolute atomic E-state index is 0.114. The van der Waals surface area contributed by atoms with Crippen LogP contribution in [0, 0.1) is 6.92 Å². The van der Waals surface area contributed by atoms with Crippen molar-refractivity contribution in [1.82, 2.24) is 14.9 Å². The highest BCUT2D eigenvalue weighted by atomic mass is 32.2. The van der Waals surface area contributed by atoms with Gasteiger partial charge in [0.2, 0.25) is 5.91 Å². The number of anilines is 1. The Balaban J connectivity index is 1.61. The summed E-state index contributed by atoms with van der Waals surface area (Å²) in [5, 5.41) is 0.559. The summed E-state index contributed by atoms with van der Waals surface area (Å²) in [6.45, 7) is 3.32. The number of amides is 1. The van der Waals surface area contributed by atoms with Crippen LogP contribution in [0.3, 0.4) is 0 Å². The number of thioether (sulfide) groups is 1. The van der Waals surface area contributed by atoms with E-state index in [9.17, 15) is 4.79 Å². The van der Waals surface area contributed by atoms with E-state index in [0.29, 0.717) is 23.3 Å². The number of aromatic nitrogens is 2. The normalized spacial score (nSPS) is 13.8. The highest BCUT2D eigenvalue weighted by Crippen LogP contribution is 2.21. The molecule has 0 saturated carbocycles. The predicted molar refractivity (Wildman–Crippen MR) is 87.5 cm³/mol. The minimum atomic E-state index is 0.114. The van der Waals surface area contributed by atoms with Crippen LogP contribution in [0.1, 0.15) is 16.8 Å². The van der Waals surface area contributed by atoms with Gasteiger partial charge in [-0.1, -0.05) is 36.0 Å². The third-order valence-electron chi connectivity index (χ3n) is 3.66. The van der Waals surface area contributed by atoms with Crippen LogP contribution in [-0.4, -0.2) is 33.1 Å². The Hall–Kier alpha value is -2.08. The van der Waals surface area contributed by atoms with Gasteiger partial charge in [0.25, 0.3) is 0 Å². The zero-order chi connectivity index (χ0) is 15.5. The fourth-order valence-electron chi connectivity index (χ4n) is 2.56. The molecule has 22 heavy (non-hydrogen) atoms. The molecule has 0 aliphatic carbocycles. The zero-order valence-electron chi connectivity index (χ0n) is 12.5. The molecule has 2 aromatic rings. The number of carbonyl (C=O) groups excluding carboxylic acids is 1. The van der Waals surface area contributed by atoms with Gasteiger partial charge in [-0.25, -0.2) is 9.97 Å². The molecule has 2 N–H and O–H groups in total. The van der Waals surface area contributed by atoms with E-state index in [4.69, 9.17) is 5.73 Å². The minimum Gasteiger partial charge on any atom is -0.384 e. The number of nitrogens with zero attached hydrogens (tertiary/aromatic N) is 3. The highest BCUT2D eigenvalue weighted by Gasteiger charge is 2.20. The van der Waals surface area contributed by atoms with Crippen LogP contribution in [-0.2, 0) is 17.8 Å². The maximum Gasteiger partial charge on any atom is 0.233 e. The maximum atomic E-state index is 12.4. The number of rotatable bonds is 3. The summed E-state index contributed by atoms with van der Waals surface area (Å²) in [6, 6.07) is 10.0. The third kappa shape index (κ3) is 3.39. The van der Waals surface area contributed by atoms with Crippen molar-refractivity contribution in [2.24, 2.45) is 0 Å². The van der Waals surface area contributed by atoms with Gasteiger partial charge in [0.05, 0.1) is 5.75 Å². The molecule has 0 fully saturated rings. The molecular formula is C16H18N4OS. The van der Waals surface area contributed by atoms with Crippen molar-refractivity contribution < 1.29 is 4.79 Å². The average molecular weight is 314 g/mol. The van der Waals surface area contributed by atoms with Gasteiger partial charge in [-0.2, -0.15) is 0 Å². The van der Waals surface area contributed by atoms with E-state index in [1.807, 2.05) is 24.0 Å². The van der Waals surface area contributed by atoms with E-state index >= 15 is 0 Å². The van der Waals surface area contributed by atoms with E-state index in [1.165, 1.54) is 22.9 Å². The van der Waals surface area contributed by atoms with Gasteiger partial charge in [-0.3, -0.25) is 4.79 Å². The van der Waals surface area contributed by atoms with E-state index in [-0.39, 0.29) is 5.91 Å². The molecular weight excluding hydrogens is 296 g/mol. The lowest BCUT2D eigenvalue weighted by Crippen LogP contribution is -2.37. The van der Waals surface area contributed by atoms with Gasteiger partial charge in [-0.05, 0) is 24.5 Å². The van der Waals surface area contributed by atoms with E-state index in [0.717, 1.165) is 18.7 Å². The second-order valence-corrected chi connectivity index (χ2v) is 6.28. The molecule has 0 spiro atoms. The SMILES string of the molecule is Cc1cc(N)nc(SCC(=O)N2CCc3ccccc3C2)n1.